The van der Waals surface area contributed by atoms with E-state index in [4.69, 9.17) is 9.47 Å². The SMILES string of the molecule is CC(C)(C)OC(=O)N1C2CCC1CC(NCCC1CCCCO1)C2. The van der Waals surface area contributed by atoms with Crippen LogP contribution < -0.4 is 5.32 Å². The Morgan fingerprint density at radius 1 is 1.17 bits per heavy atom. The van der Waals surface area contributed by atoms with E-state index >= 15 is 0 Å². The molecule has 24 heavy (non-hydrogen) atoms. The largest absolute Gasteiger partial charge is 0.444 e. The molecule has 0 spiro atoms. The molecule has 0 aromatic carbocycles. The lowest BCUT2D eigenvalue weighted by Gasteiger charge is -2.40. The second-order valence-electron chi connectivity index (χ2n) is 8.67. The van der Waals surface area contributed by atoms with Gasteiger partial charge in [-0.1, -0.05) is 0 Å². The van der Waals surface area contributed by atoms with Crippen LogP contribution in [0.5, 0.6) is 0 Å². The van der Waals surface area contributed by atoms with Crippen LogP contribution in [0, 0.1) is 0 Å². The van der Waals surface area contributed by atoms with Gasteiger partial charge in [-0.2, -0.15) is 0 Å². The molecule has 5 heteroatoms. The second-order valence-corrected chi connectivity index (χ2v) is 8.67. The van der Waals surface area contributed by atoms with E-state index in [1.165, 1.54) is 19.3 Å². The highest BCUT2D eigenvalue weighted by atomic mass is 16.6. The summed E-state index contributed by atoms with van der Waals surface area (Å²) in [4.78, 5) is 14.5. The number of carbonyl (C=O) groups excluding carboxylic acids is 1. The number of amides is 1. The Bertz CT molecular complexity index is 415. The van der Waals surface area contributed by atoms with Crippen LogP contribution in [-0.2, 0) is 9.47 Å². The average Bonchev–Trinajstić information content (AvgIpc) is 2.78. The van der Waals surface area contributed by atoms with Gasteiger partial charge in [0.15, 0.2) is 0 Å². The number of fused-ring (bicyclic) bond motifs is 2. The van der Waals surface area contributed by atoms with Gasteiger partial charge in [-0.3, -0.25) is 0 Å². The van der Waals surface area contributed by atoms with Crippen molar-refractivity contribution in [3.8, 4) is 0 Å². The zero-order valence-corrected chi connectivity index (χ0v) is 15.6. The Balaban J connectivity index is 1.43. The summed E-state index contributed by atoms with van der Waals surface area (Å²) >= 11 is 0. The number of hydrogen-bond donors (Lipinski definition) is 1. The highest BCUT2D eigenvalue weighted by Crippen LogP contribution is 2.36. The predicted octanol–water partition coefficient (Wildman–Crippen LogP) is 3.47. The minimum absolute atomic E-state index is 0.121. The maximum absolute atomic E-state index is 12.5. The van der Waals surface area contributed by atoms with Gasteiger partial charge < -0.3 is 19.7 Å². The molecule has 138 valence electrons. The van der Waals surface area contributed by atoms with E-state index in [0.717, 1.165) is 45.3 Å². The van der Waals surface area contributed by atoms with E-state index in [9.17, 15) is 4.79 Å². The van der Waals surface area contributed by atoms with E-state index in [1.54, 1.807) is 0 Å². The van der Waals surface area contributed by atoms with Gasteiger partial charge in [0.2, 0.25) is 0 Å². The molecule has 0 aromatic heterocycles. The molecule has 2 bridgehead atoms. The molecule has 0 radical (unpaired) electrons. The summed E-state index contributed by atoms with van der Waals surface area (Å²) in [5, 5.41) is 3.72. The zero-order chi connectivity index (χ0) is 17.2. The molecule has 3 heterocycles. The fourth-order valence-corrected chi connectivity index (χ4v) is 4.44. The molecule has 3 aliphatic heterocycles. The first kappa shape index (κ1) is 18.0. The van der Waals surface area contributed by atoms with Gasteiger partial charge >= 0.3 is 6.09 Å². The summed E-state index contributed by atoms with van der Waals surface area (Å²) in [6.07, 6.45) is 9.53. The standard InChI is InChI=1S/C19H34N2O3/c1-19(2,3)24-18(22)21-15-7-8-16(21)13-14(12-15)20-10-9-17-6-4-5-11-23-17/h14-17,20H,4-13H2,1-3H3. The summed E-state index contributed by atoms with van der Waals surface area (Å²) in [5.41, 5.74) is -0.411. The van der Waals surface area contributed by atoms with Crippen LogP contribution >= 0.6 is 0 Å². The maximum Gasteiger partial charge on any atom is 0.410 e. The van der Waals surface area contributed by atoms with Crippen LogP contribution in [0.2, 0.25) is 0 Å². The van der Waals surface area contributed by atoms with Crippen LogP contribution in [0.3, 0.4) is 0 Å². The number of piperidine rings is 1. The molecule has 3 atom stereocenters. The van der Waals surface area contributed by atoms with E-state index in [-0.39, 0.29) is 6.09 Å². The van der Waals surface area contributed by atoms with Crippen molar-refractivity contribution in [3.63, 3.8) is 0 Å². The van der Waals surface area contributed by atoms with Gasteiger partial charge in [0.25, 0.3) is 0 Å². The Hall–Kier alpha value is -0.810. The molecule has 3 rings (SSSR count). The fourth-order valence-electron chi connectivity index (χ4n) is 4.44. The summed E-state index contributed by atoms with van der Waals surface area (Å²) in [6.45, 7) is 7.78. The van der Waals surface area contributed by atoms with Crippen molar-refractivity contribution >= 4 is 6.09 Å². The lowest BCUT2D eigenvalue weighted by Crippen LogP contribution is -2.52. The quantitative estimate of drug-likeness (QED) is 0.853. The molecule has 0 aliphatic carbocycles. The predicted molar refractivity (Wildman–Crippen MR) is 94.1 cm³/mol. The lowest BCUT2D eigenvalue weighted by molar-refractivity contribution is 0.00274. The van der Waals surface area contributed by atoms with Gasteiger partial charge in [-0.15, -0.1) is 0 Å². The van der Waals surface area contributed by atoms with Gasteiger partial charge in [-0.25, -0.2) is 4.79 Å². The van der Waals surface area contributed by atoms with E-state index in [1.807, 2.05) is 25.7 Å². The van der Waals surface area contributed by atoms with E-state index in [0.29, 0.717) is 24.2 Å². The van der Waals surface area contributed by atoms with Crippen LogP contribution in [0.15, 0.2) is 0 Å². The Kier molecular flexibility index (Phi) is 5.70. The van der Waals surface area contributed by atoms with Crippen molar-refractivity contribution in [1.82, 2.24) is 10.2 Å². The molecule has 1 amide bonds. The molecular weight excluding hydrogens is 304 g/mol. The lowest BCUT2D eigenvalue weighted by atomic mass is 9.97. The van der Waals surface area contributed by atoms with Crippen molar-refractivity contribution in [2.24, 2.45) is 0 Å². The number of rotatable bonds is 4. The van der Waals surface area contributed by atoms with E-state index in [2.05, 4.69) is 5.32 Å². The van der Waals surface area contributed by atoms with Crippen molar-refractivity contribution in [2.45, 2.75) is 102 Å². The van der Waals surface area contributed by atoms with Gasteiger partial charge in [0.05, 0.1) is 6.10 Å². The zero-order valence-electron chi connectivity index (χ0n) is 15.6. The highest BCUT2D eigenvalue weighted by molar-refractivity contribution is 5.69. The molecule has 5 nitrogen and oxygen atoms in total. The van der Waals surface area contributed by atoms with Crippen molar-refractivity contribution < 1.29 is 14.3 Å². The number of nitrogens with zero attached hydrogens (tertiary/aromatic N) is 1. The van der Waals surface area contributed by atoms with Crippen molar-refractivity contribution in [2.75, 3.05) is 13.2 Å². The normalized spacial score (nSPS) is 33.5. The molecular formula is C19H34N2O3. The summed E-state index contributed by atoms with van der Waals surface area (Å²) in [6, 6.07) is 1.23. The molecule has 1 N–H and O–H groups in total. The van der Waals surface area contributed by atoms with Crippen LogP contribution in [0.1, 0.15) is 72.1 Å². The third-order valence-electron chi connectivity index (χ3n) is 5.51. The summed E-state index contributed by atoms with van der Waals surface area (Å²) in [5.74, 6) is 0. The Morgan fingerprint density at radius 3 is 2.46 bits per heavy atom. The molecule has 3 fully saturated rings. The monoisotopic (exact) mass is 338 g/mol. The van der Waals surface area contributed by atoms with Crippen LogP contribution in [0.4, 0.5) is 4.79 Å². The summed E-state index contributed by atoms with van der Waals surface area (Å²) in [7, 11) is 0. The average molecular weight is 338 g/mol. The number of nitrogens with one attached hydrogen (secondary N) is 1. The van der Waals surface area contributed by atoms with Crippen molar-refractivity contribution in [3.05, 3.63) is 0 Å². The highest BCUT2D eigenvalue weighted by Gasteiger charge is 2.44. The molecule has 3 aliphatic rings. The van der Waals surface area contributed by atoms with Gasteiger partial charge in [0.1, 0.15) is 5.60 Å². The molecule has 0 aromatic rings. The topological polar surface area (TPSA) is 50.8 Å². The third kappa shape index (κ3) is 4.63. The third-order valence-corrected chi connectivity index (χ3v) is 5.51. The molecule has 3 saturated heterocycles. The van der Waals surface area contributed by atoms with Crippen LogP contribution in [0.25, 0.3) is 0 Å². The summed E-state index contributed by atoms with van der Waals surface area (Å²) < 4.78 is 11.4. The molecule has 3 unspecified atom stereocenters. The number of hydrogen-bond acceptors (Lipinski definition) is 4. The van der Waals surface area contributed by atoms with Gasteiger partial charge in [-0.05, 0) is 78.7 Å². The van der Waals surface area contributed by atoms with Crippen molar-refractivity contribution in [1.29, 1.82) is 0 Å². The van der Waals surface area contributed by atoms with Crippen LogP contribution in [-0.4, -0.2) is 54.0 Å². The number of ether oxygens (including phenoxy) is 2. The number of carbonyl (C=O) groups is 1. The maximum atomic E-state index is 12.5. The first-order chi connectivity index (χ1) is 11.4. The molecule has 0 saturated carbocycles. The second kappa shape index (κ2) is 7.61. The van der Waals surface area contributed by atoms with E-state index < -0.39 is 5.60 Å². The fraction of sp³-hybridized carbons (Fsp3) is 0.947. The Labute approximate surface area is 146 Å². The Morgan fingerprint density at radius 2 is 1.88 bits per heavy atom. The first-order valence-electron chi connectivity index (χ1n) is 9.78. The minimum atomic E-state index is -0.411. The smallest absolute Gasteiger partial charge is 0.410 e. The van der Waals surface area contributed by atoms with Gasteiger partial charge in [0, 0.05) is 24.7 Å². The minimum Gasteiger partial charge on any atom is -0.444 e. The first-order valence-corrected chi connectivity index (χ1v) is 9.78.